The Kier molecular flexibility index (Phi) is 3.35. The number of nitrogens with zero attached hydrogens (tertiary/aromatic N) is 2. The number of carbonyl (C=O) groups excluding carboxylic acids is 2. The van der Waals surface area contributed by atoms with Crippen molar-refractivity contribution in [3.05, 3.63) is 29.8 Å². The van der Waals surface area contributed by atoms with E-state index in [9.17, 15) is 9.59 Å². The molecule has 0 unspecified atom stereocenters. The van der Waals surface area contributed by atoms with Crippen LogP contribution in [0.2, 0.25) is 0 Å². The van der Waals surface area contributed by atoms with Crippen molar-refractivity contribution in [3.63, 3.8) is 0 Å². The van der Waals surface area contributed by atoms with Gasteiger partial charge in [0.1, 0.15) is 0 Å². The second-order valence-electron chi connectivity index (χ2n) is 5.95. The Labute approximate surface area is 114 Å². The summed E-state index contributed by atoms with van der Waals surface area (Å²) in [5.74, 6) is -0.875. The van der Waals surface area contributed by atoms with E-state index in [4.69, 9.17) is 0 Å². The summed E-state index contributed by atoms with van der Waals surface area (Å²) in [5, 5.41) is 0. The van der Waals surface area contributed by atoms with Crippen LogP contribution in [0.3, 0.4) is 0 Å². The first kappa shape index (κ1) is 13.6. The number of likely N-dealkylation sites (N-methyl/N-ethyl adjacent to an activating group) is 1. The van der Waals surface area contributed by atoms with Gasteiger partial charge in [0, 0.05) is 25.8 Å². The maximum Gasteiger partial charge on any atom is 0.316 e. The van der Waals surface area contributed by atoms with Crippen LogP contribution in [0.1, 0.15) is 26.3 Å². The van der Waals surface area contributed by atoms with Gasteiger partial charge in [-0.1, -0.05) is 39.0 Å². The third-order valence-electron chi connectivity index (χ3n) is 3.44. The Morgan fingerprint density at radius 3 is 2.26 bits per heavy atom. The molecule has 0 N–H and O–H groups in total. The lowest BCUT2D eigenvalue weighted by atomic mass is 9.85. The number of piperazine rings is 1. The Morgan fingerprint density at radius 1 is 1.00 bits per heavy atom. The van der Waals surface area contributed by atoms with Gasteiger partial charge in [-0.2, -0.15) is 0 Å². The standard InChI is InChI=1S/C15H20N2O2/c1-15(2,3)11-7-5-6-8-12(11)17-10-9-16(4)13(18)14(17)19/h5-8H,9-10H2,1-4H3. The smallest absolute Gasteiger partial charge is 0.316 e. The molecule has 0 saturated carbocycles. The van der Waals surface area contributed by atoms with Gasteiger partial charge in [-0.15, -0.1) is 0 Å². The van der Waals surface area contributed by atoms with Gasteiger partial charge in [-0.25, -0.2) is 0 Å². The zero-order valence-electron chi connectivity index (χ0n) is 11.9. The van der Waals surface area contributed by atoms with Crippen molar-refractivity contribution in [2.24, 2.45) is 0 Å². The molecule has 0 aliphatic carbocycles. The highest BCUT2D eigenvalue weighted by molar-refractivity contribution is 6.41. The van der Waals surface area contributed by atoms with Crippen molar-refractivity contribution >= 4 is 17.5 Å². The van der Waals surface area contributed by atoms with Gasteiger partial charge in [-0.3, -0.25) is 9.59 Å². The minimum atomic E-state index is -0.439. The average Bonchev–Trinajstić information content (AvgIpc) is 2.35. The fourth-order valence-electron chi connectivity index (χ4n) is 2.30. The summed E-state index contributed by atoms with van der Waals surface area (Å²) in [4.78, 5) is 27.0. The number of amides is 2. The van der Waals surface area contributed by atoms with Crippen molar-refractivity contribution in [3.8, 4) is 0 Å². The molecule has 1 aliphatic rings. The van der Waals surface area contributed by atoms with Crippen LogP contribution in [0.4, 0.5) is 5.69 Å². The predicted molar refractivity (Wildman–Crippen MR) is 75.1 cm³/mol. The largest absolute Gasteiger partial charge is 0.336 e. The van der Waals surface area contributed by atoms with E-state index in [1.165, 1.54) is 4.90 Å². The Bertz CT molecular complexity index is 517. The minimum Gasteiger partial charge on any atom is -0.336 e. The third-order valence-corrected chi connectivity index (χ3v) is 3.44. The monoisotopic (exact) mass is 260 g/mol. The molecule has 19 heavy (non-hydrogen) atoms. The van der Waals surface area contributed by atoms with Crippen molar-refractivity contribution < 1.29 is 9.59 Å². The van der Waals surface area contributed by atoms with Gasteiger partial charge >= 0.3 is 11.8 Å². The molecule has 2 rings (SSSR count). The van der Waals surface area contributed by atoms with Crippen LogP contribution in [-0.2, 0) is 15.0 Å². The zero-order valence-corrected chi connectivity index (χ0v) is 11.9. The number of benzene rings is 1. The summed E-state index contributed by atoms with van der Waals surface area (Å²) in [6.07, 6.45) is 0. The highest BCUT2D eigenvalue weighted by atomic mass is 16.2. The summed E-state index contributed by atoms with van der Waals surface area (Å²) in [7, 11) is 1.66. The third kappa shape index (κ3) is 2.48. The van der Waals surface area contributed by atoms with Gasteiger partial charge in [0.05, 0.1) is 0 Å². The molecule has 1 fully saturated rings. The Balaban J connectivity index is 2.43. The number of anilines is 1. The van der Waals surface area contributed by atoms with Crippen LogP contribution in [0.15, 0.2) is 24.3 Å². The normalized spacial score (nSPS) is 17.1. The summed E-state index contributed by atoms with van der Waals surface area (Å²) in [6, 6.07) is 7.80. The van der Waals surface area contributed by atoms with Crippen molar-refractivity contribution in [2.75, 3.05) is 25.0 Å². The highest BCUT2D eigenvalue weighted by Gasteiger charge is 2.33. The number of hydrogen-bond acceptors (Lipinski definition) is 2. The lowest BCUT2D eigenvalue weighted by Crippen LogP contribution is -2.53. The molecule has 0 bridgehead atoms. The van der Waals surface area contributed by atoms with E-state index < -0.39 is 11.8 Å². The predicted octanol–water partition coefficient (Wildman–Crippen LogP) is 1.79. The average molecular weight is 260 g/mol. The Hall–Kier alpha value is -1.84. The molecule has 1 saturated heterocycles. The second-order valence-corrected chi connectivity index (χ2v) is 5.95. The minimum absolute atomic E-state index is 0.0662. The lowest BCUT2D eigenvalue weighted by molar-refractivity contribution is -0.145. The van der Waals surface area contributed by atoms with Crippen LogP contribution >= 0.6 is 0 Å². The molecular weight excluding hydrogens is 240 g/mol. The molecule has 102 valence electrons. The van der Waals surface area contributed by atoms with E-state index in [1.54, 1.807) is 11.9 Å². The molecule has 1 heterocycles. The summed E-state index contributed by atoms with van der Waals surface area (Å²) >= 11 is 0. The quantitative estimate of drug-likeness (QED) is 0.722. The molecule has 4 nitrogen and oxygen atoms in total. The van der Waals surface area contributed by atoms with Gasteiger partial charge in [0.15, 0.2) is 0 Å². The molecule has 1 aromatic rings. The van der Waals surface area contributed by atoms with Crippen LogP contribution in [-0.4, -0.2) is 36.9 Å². The molecule has 0 aromatic heterocycles. The van der Waals surface area contributed by atoms with Gasteiger partial charge < -0.3 is 9.80 Å². The molecular formula is C15H20N2O2. The van der Waals surface area contributed by atoms with Gasteiger partial charge in [0.25, 0.3) is 0 Å². The second kappa shape index (κ2) is 4.68. The van der Waals surface area contributed by atoms with Crippen LogP contribution in [0.5, 0.6) is 0 Å². The number of para-hydroxylation sites is 1. The van der Waals surface area contributed by atoms with Crippen molar-refractivity contribution in [1.82, 2.24) is 4.90 Å². The van der Waals surface area contributed by atoms with Crippen LogP contribution in [0.25, 0.3) is 0 Å². The fraction of sp³-hybridized carbons (Fsp3) is 0.467. The number of rotatable bonds is 1. The first-order valence-corrected chi connectivity index (χ1v) is 6.49. The van der Waals surface area contributed by atoms with Crippen molar-refractivity contribution in [2.45, 2.75) is 26.2 Å². The molecule has 4 heteroatoms. The van der Waals surface area contributed by atoms with E-state index in [-0.39, 0.29) is 5.41 Å². The summed E-state index contributed by atoms with van der Waals surface area (Å²) < 4.78 is 0. The first-order valence-electron chi connectivity index (χ1n) is 6.49. The number of hydrogen-bond donors (Lipinski definition) is 0. The van der Waals surface area contributed by atoms with E-state index in [1.807, 2.05) is 24.3 Å². The van der Waals surface area contributed by atoms with Gasteiger partial charge in [-0.05, 0) is 17.0 Å². The summed E-state index contributed by atoms with van der Waals surface area (Å²) in [6.45, 7) is 7.44. The zero-order chi connectivity index (χ0) is 14.2. The van der Waals surface area contributed by atoms with E-state index in [0.29, 0.717) is 13.1 Å². The van der Waals surface area contributed by atoms with Crippen molar-refractivity contribution in [1.29, 1.82) is 0 Å². The van der Waals surface area contributed by atoms with E-state index >= 15 is 0 Å². The van der Waals surface area contributed by atoms with E-state index in [0.717, 1.165) is 11.3 Å². The van der Waals surface area contributed by atoms with Gasteiger partial charge in [0.2, 0.25) is 0 Å². The topological polar surface area (TPSA) is 40.6 Å². The molecule has 0 spiro atoms. The van der Waals surface area contributed by atoms with Crippen LogP contribution < -0.4 is 4.90 Å². The van der Waals surface area contributed by atoms with Crippen LogP contribution in [0, 0.1) is 0 Å². The maximum atomic E-state index is 12.2. The lowest BCUT2D eigenvalue weighted by Gasteiger charge is -2.34. The molecule has 0 radical (unpaired) electrons. The Morgan fingerprint density at radius 2 is 1.63 bits per heavy atom. The first-order chi connectivity index (χ1) is 8.82. The SMILES string of the molecule is CN1CCN(c2ccccc2C(C)(C)C)C(=O)C1=O. The molecule has 1 aliphatic heterocycles. The highest BCUT2D eigenvalue weighted by Crippen LogP contribution is 2.32. The molecule has 0 atom stereocenters. The number of carbonyl (C=O) groups is 2. The molecule has 2 amide bonds. The summed E-state index contributed by atoms with van der Waals surface area (Å²) in [5.41, 5.74) is 1.87. The van der Waals surface area contributed by atoms with E-state index in [2.05, 4.69) is 20.8 Å². The fourth-order valence-corrected chi connectivity index (χ4v) is 2.30. The molecule has 1 aromatic carbocycles. The maximum absolute atomic E-state index is 12.2.